The largest absolute Gasteiger partial charge is 0.376 e. The SMILES string of the molecule is NNc1ccc(C(=O)NCC2CCCCO2)cc1[N+](=O)[O-]. The monoisotopic (exact) mass is 294 g/mol. The van der Waals surface area contributed by atoms with Crippen LogP contribution >= 0.6 is 0 Å². The number of hydrogen-bond donors (Lipinski definition) is 3. The highest BCUT2D eigenvalue weighted by Crippen LogP contribution is 2.24. The number of nitrogens with one attached hydrogen (secondary N) is 2. The van der Waals surface area contributed by atoms with Gasteiger partial charge in [-0.15, -0.1) is 0 Å². The second-order valence-electron chi connectivity index (χ2n) is 4.83. The first kappa shape index (κ1) is 15.2. The number of carbonyl (C=O) groups excluding carboxylic acids is 1. The number of carbonyl (C=O) groups is 1. The molecule has 4 N–H and O–H groups in total. The molecule has 0 aliphatic carbocycles. The smallest absolute Gasteiger partial charge is 0.294 e. The molecule has 1 fully saturated rings. The fourth-order valence-corrected chi connectivity index (χ4v) is 2.22. The van der Waals surface area contributed by atoms with Crippen molar-refractivity contribution in [1.29, 1.82) is 0 Å². The van der Waals surface area contributed by atoms with Crippen molar-refractivity contribution in [2.45, 2.75) is 25.4 Å². The number of rotatable bonds is 5. The van der Waals surface area contributed by atoms with Gasteiger partial charge in [-0.3, -0.25) is 20.8 Å². The molecule has 1 aromatic carbocycles. The lowest BCUT2D eigenvalue weighted by molar-refractivity contribution is -0.384. The Kier molecular flexibility index (Phi) is 5.07. The molecule has 0 radical (unpaired) electrons. The van der Waals surface area contributed by atoms with Gasteiger partial charge in [-0.2, -0.15) is 0 Å². The summed E-state index contributed by atoms with van der Waals surface area (Å²) in [5.41, 5.74) is 2.37. The van der Waals surface area contributed by atoms with E-state index in [1.54, 1.807) is 0 Å². The van der Waals surface area contributed by atoms with Gasteiger partial charge in [0, 0.05) is 24.8 Å². The average molecular weight is 294 g/mol. The summed E-state index contributed by atoms with van der Waals surface area (Å²) in [6.45, 7) is 1.12. The number of anilines is 1. The number of nitro groups is 1. The third kappa shape index (κ3) is 3.89. The van der Waals surface area contributed by atoms with Crippen molar-refractivity contribution in [3.63, 3.8) is 0 Å². The molecular weight excluding hydrogens is 276 g/mol. The van der Waals surface area contributed by atoms with Gasteiger partial charge in [0.05, 0.1) is 11.0 Å². The van der Waals surface area contributed by atoms with E-state index in [2.05, 4.69) is 10.7 Å². The number of hydrogen-bond acceptors (Lipinski definition) is 6. The van der Waals surface area contributed by atoms with Gasteiger partial charge in [0.25, 0.3) is 11.6 Å². The Hall–Kier alpha value is -2.19. The van der Waals surface area contributed by atoms with Crippen LogP contribution in [-0.4, -0.2) is 30.1 Å². The molecule has 8 nitrogen and oxygen atoms in total. The summed E-state index contributed by atoms with van der Waals surface area (Å²) in [7, 11) is 0. The number of benzene rings is 1. The molecule has 1 atom stereocenters. The van der Waals surface area contributed by atoms with E-state index in [9.17, 15) is 14.9 Å². The summed E-state index contributed by atoms with van der Waals surface area (Å²) in [6.07, 6.45) is 3.06. The van der Waals surface area contributed by atoms with Crippen molar-refractivity contribution in [1.82, 2.24) is 5.32 Å². The van der Waals surface area contributed by atoms with E-state index in [4.69, 9.17) is 10.6 Å². The van der Waals surface area contributed by atoms with E-state index in [1.807, 2.05) is 0 Å². The summed E-state index contributed by atoms with van der Waals surface area (Å²) < 4.78 is 5.51. The molecule has 0 saturated carbocycles. The molecule has 0 spiro atoms. The van der Waals surface area contributed by atoms with Crippen LogP contribution in [-0.2, 0) is 4.74 Å². The third-order valence-corrected chi connectivity index (χ3v) is 3.38. The second-order valence-corrected chi connectivity index (χ2v) is 4.83. The van der Waals surface area contributed by atoms with Gasteiger partial charge in [-0.1, -0.05) is 0 Å². The van der Waals surface area contributed by atoms with E-state index in [0.29, 0.717) is 13.2 Å². The molecule has 1 aromatic rings. The maximum absolute atomic E-state index is 12.0. The summed E-state index contributed by atoms with van der Waals surface area (Å²) >= 11 is 0. The zero-order valence-electron chi connectivity index (χ0n) is 11.5. The van der Waals surface area contributed by atoms with Gasteiger partial charge in [-0.05, 0) is 31.4 Å². The Morgan fingerprint density at radius 3 is 2.90 bits per heavy atom. The highest BCUT2D eigenvalue weighted by Gasteiger charge is 2.19. The first-order chi connectivity index (χ1) is 10.1. The van der Waals surface area contributed by atoms with Crippen LogP contribution < -0.4 is 16.6 Å². The van der Waals surface area contributed by atoms with Crippen LogP contribution in [0.5, 0.6) is 0 Å². The molecule has 1 saturated heterocycles. The van der Waals surface area contributed by atoms with Crippen molar-refractivity contribution in [2.75, 3.05) is 18.6 Å². The number of ether oxygens (including phenoxy) is 1. The lowest BCUT2D eigenvalue weighted by atomic mass is 10.1. The molecular formula is C13H18N4O4. The molecule has 21 heavy (non-hydrogen) atoms. The van der Waals surface area contributed by atoms with Crippen LogP contribution in [0.15, 0.2) is 18.2 Å². The van der Waals surface area contributed by atoms with Crippen molar-refractivity contribution in [2.24, 2.45) is 5.84 Å². The van der Waals surface area contributed by atoms with Gasteiger partial charge in [-0.25, -0.2) is 0 Å². The minimum absolute atomic E-state index is 0.0164. The first-order valence-corrected chi connectivity index (χ1v) is 6.76. The Morgan fingerprint density at radius 1 is 1.48 bits per heavy atom. The number of hydrazine groups is 1. The Labute approximate surface area is 121 Å². The zero-order chi connectivity index (χ0) is 15.2. The molecule has 2 rings (SSSR count). The summed E-state index contributed by atoms with van der Waals surface area (Å²) in [5.74, 6) is 4.83. The maximum atomic E-state index is 12.0. The Bertz CT molecular complexity index is 529. The normalized spacial score (nSPS) is 18.0. The number of nitrogens with zero attached hydrogens (tertiary/aromatic N) is 1. The predicted molar refractivity (Wildman–Crippen MR) is 76.8 cm³/mol. The van der Waals surface area contributed by atoms with Gasteiger partial charge >= 0.3 is 0 Å². The van der Waals surface area contributed by atoms with E-state index in [0.717, 1.165) is 19.3 Å². The first-order valence-electron chi connectivity index (χ1n) is 6.76. The summed E-state index contributed by atoms with van der Waals surface area (Å²) in [4.78, 5) is 22.4. The summed E-state index contributed by atoms with van der Waals surface area (Å²) in [5, 5.41) is 13.7. The highest BCUT2D eigenvalue weighted by molar-refractivity contribution is 5.95. The zero-order valence-corrected chi connectivity index (χ0v) is 11.5. The Morgan fingerprint density at radius 2 is 2.29 bits per heavy atom. The number of nitrogens with two attached hydrogens (primary N) is 1. The molecule has 114 valence electrons. The van der Waals surface area contributed by atoms with Crippen LogP contribution in [0.1, 0.15) is 29.6 Å². The molecule has 1 amide bonds. The topological polar surface area (TPSA) is 120 Å². The highest BCUT2D eigenvalue weighted by atomic mass is 16.6. The quantitative estimate of drug-likeness (QED) is 0.426. The van der Waals surface area contributed by atoms with Crippen LogP contribution in [0.4, 0.5) is 11.4 Å². The van der Waals surface area contributed by atoms with Crippen molar-refractivity contribution < 1.29 is 14.5 Å². The standard InChI is InChI=1S/C13H18N4O4/c14-16-11-5-4-9(7-12(11)17(19)20)13(18)15-8-10-3-1-2-6-21-10/h4-5,7,10,16H,1-3,6,8,14H2,(H,15,18). The molecule has 8 heteroatoms. The van der Waals surface area contributed by atoms with Crippen LogP contribution in [0.25, 0.3) is 0 Å². The molecule has 1 heterocycles. The number of amides is 1. The van der Waals surface area contributed by atoms with E-state index in [1.165, 1.54) is 18.2 Å². The van der Waals surface area contributed by atoms with Crippen LogP contribution in [0, 0.1) is 10.1 Å². The van der Waals surface area contributed by atoms with E-state index >= 15 is 0 Å². The van der Waals surface area contributed by atoms with Crippen LogP contribution in [0.2, 0.25) is 0 Å². The lowest BCUT2D eigenvalue weighted by Crippen LogP contribution is -2.35. The Balaban J connectivity index is 2.01. The minimum Gasteiger partial charge on any atom is -0.376 e. The fourth-order valence-electron chi connectivity index (χ4n) is 2.22. The summed E-state index contributed by atoms with van der Waals surface area (Å²) in [6, 6.07) is 4.09. The average Bonchev–Trinajstić information content (AvgIpc) is 2.52. The molecule has 1 aliphatic rings. The maximum Gasteiger partial charge on any atom is 0.294 e. The van der Waals surface area contributed by atoms with Gasteiger partial charge in [0.15, 0.2) is 0 Å². The lowest BCUT2D eigenvalue weighted by Gasteiger charge is -2.22. The third-order valence-electron chi connectivity index (χ3n) is 3.38. The van der Waals surface area contributed by atoms with Crippen LogP contribution in [0.3, 0.4) is 0 Å². The molecule has 0 aromatic heterocycles. The molecule has 1 aliphatic heterocycles. The number of nitrogen functional groups attached to an aromatic ring is 1. The minimum atomic E-state index is -0.587. The molecule has 0 bridgehead atoms. The fraction of sp³-hybridized carbons (Fsp3) is 0.462. The van der Waals surface area contributed by atoms with E-state index in [-0.39, 0.29) is 28.9 Å². The van der Waals surface area contributed by atoms with Crippen molar-refractivity contribution in [3.8, 4) is 0 Å². The van der Waals surface area contributed by atoms with E-state index < -0.39 is 4.92 Å². The molecule has 1 unspecified atom stereocenters. The van der Waals surface area contributed by atoms with Gasteiger partial charge in [0.2, 0.25) is 0 Å². The van der Waals surface area contributed by atoms with Crippen molar-refractivity contribution in [3.05, 3.63) is 33.9 Å². The number of nitro benzene ring substituents is 1. The second kappa shape index (κ2) is 7.00. The predicted octanol–water partition coefficient (Wildman–Crippen LogP) is 1.18. The van der Waals surface area contributed by atoms with Crippen molar-refractivity contribution >= 4 is 17.3 Å². The van der Waals surface area contributed by atoms with Gasteiger partial charge < -0.3 is 15.5 Å². The van der Waals surface area contributed by atoms with Gasteiger partial charge in [0.1, 0.15) is 5.69 Å².